The first kappa shape index (κ1) is 12.9. The van der Waals surface area contributed by atoms with Gasteiger partial charge in [-0.15, -0.1) is 0 Å². The average Bonchev–Trinajstić information content (AvgIpc) is 3.03. The van der Waals surface area contributed by atoms with E-state index in [9.17, 15) is 4.79 Å². The Hall–Kier alpha value is -1.58. The molecule has 4 nitrogen and oxygen atoms in total. The molecule has 1 saturated carbocycles. The van der Waals surface area contributed by atoms with E-state index in [4.69, 9.17) is 5.11 Å². The van der Waals surface area contributed by atoms with Gasteiger partial charge in [-0.3, -0.25) is 0 Å². The van der Waals surface area contributed by atoms with Gasteiger partial charge < -0.3 is 10.4 Å². The second-order valence-corrected chi connectivity index (χ2v) is 5.14. The van der Waals surface area contributed by atoms with E-state index in [1.807, 2.05) is 0 Å². The minimum absolute atomic E-state index is 0.319. The highest BCUT2D eigenvalue weighted by Crippen LogP contribution is 2.37. The van der Waals surface area contributed by atoms with Crippen molar-refractivity contribution in [2.45, 2.75) is 33.1 Å². The molecule has 2 N–H and O–H groups in total. The van der Waals surface area contributed by atoms with Crippen LogP contribution in [0.15, 0.2) is 12.1 Å². The fraction of sp³-hybridized carbons (Fsp3) is 0.571. The number of carboxylic acid groups (broad SMARTS) is 1. The Kier molecular flexibility index (Phi) is 3.84. The maximum Gasteiger partial charge on any atom is 0.335 e. The summed E-state index contributed by atoms with van der Waals surface area (Å²) >= 11 is 0. The van der Waals surface area contributed by atoms with Gasteiger partial charge in [-0.1, -0.05) is 20.3 Å². The maximum atomic E-state index is 11.1. The van der Waals surface area contributed by atoms with Crippen LogP contribution in [-0.4, -0.2) is 22.6 Å². The second kappa shape index (κ2) is 5.38. The van der Waals surface area contributed by atoms with Gasteiger partial charge >= 0.3 is 5.97 Å². The molecule has 0 aromatic carbocycles. The fourth-order valence-electron chi connectivity index (χ4n) is 2.11. The normalized spacial score (nSPS) is 21.7. The van der Waals surface area contributed by atoms with Crippen LogP contribution >= 0.6 is 0 Å². The third-order valence-electron chi connectivity index (χ3n) is 3.45. The lowest BCUT2D eigenvalue weighted by Crippen LogP contribution is -2.09. The lowest BCUT2D eigenvalue weighted by atomic mass is 10.1. The molecule has 1 aliphatic rings. The standard InChI is InChI=1S/C14H20N2O2/c1-3-4-12-6-10(14(17)18)7-13(16-12)15-8-11-5-9(11)2/h6-7,9,11H,3-5,8H2,1-2H3,(H,15,16)(H,17,18). The monoisotopic (exact) mass is 248 g/mol. The number of aromatic carboxylic acids is 1. The zero-order chi connectivity index (χ0) is 13.1. The third-order valence-corrected chi connectivity index (χ3v) is 3.45. The van der Waals surface area contributed by atoms with Crippen molar-refractivity contribution in [3.8, 4) is 0 Å². The fourth-order valence-corrected chi connectivity index (χ4v) is 2.11. The van der Waals surface area contributed by atoms with Crippen molar-refractivity contribution >= 4 is 11.8 Å². The van der Waals surface area contributed by atoms with Crippen molar-refractivity contribution in [2.75, 3.05) is 11.9 Å². The number of nitrogens with one attached hydrogen (secondary N) is 1. The lowest BCUT2D eigenvalue weighted by Gasteiger charge is -2.08. The molecule has 0 spiro atoms. The summed E-state index contributed by atoms with van der Waals surface area (Å²) in [7, 11) is 0. The Labute approximate surface area is 107 Å². The molecule has 1 fully saturated rings. The van der Waals surface area contributed by atoms with E-state index in [0.717, 1.165) is 36.9 Å². The molecular formula is C14H20N2O2. The molecule has 2 unspecified atom stereocenters. The molecule has 1 heterocycles. The summed E-state index contributed by atoms with van der Waals surface area (Å²) < 4.78 is 0. The minimum Gasteiger partial charge on any atom is -0.478 e. The number of carbonyl (C=O) groups is 1. The van der Waals surface area contributed by atoms with Crippen LogP contribution in [-0.2, 0) is 6.42 Å². The molecule has 98 valence electrons. The number of nitrogens with zero attached hydrogens (tertiary/aromatic N) is 1. The van der Waals surface area contributed by atoms with Crippen molar-refractivity contribution in [2.24, 2.45) is 11.8 Å². The number of rotatable bonds is 6. The van der Waals surface area contributed by atoms with E-state index in [-0.39, 0.29) is 0 Å². The third kappa shape index (κ3) is 3.22. The Morgan fingerprint density at radius 3 is 2.83 bits per heavy atom. The molecule has 1 aliphatic carbocycles. The Bertz CT molecular complexity index is 445. The summed E-state index contributed by atoms with van der Waals surface area (Å²) in [6.07, 6.45) is 3.04. The topological polar surface area (TPSA) is 62.2 Å². The van der Waals surface area contributed by atoms with Gasteiger partial charge in [0.15, 0.2) is 0 Å². The molecule has 4 heteroatoms. The molecule has 2 atom stereocenters. The molecule has 1 aromatic heterocycles. The highest BCUT2D eigenvalue weighted by atomic mass is 16.4. The van der Waals surface area contributed by atoms with Crippen LogP contribution in [0.2, 0.25) is 0 Å². The van der Waals surface area contributed by atoms with Crippen LogP contribution < -0.4 is 5.32 Å². The quantitative estimate of drug-likeness (QED) is 0.812. The van der Waals surface area contributed by atoms with E-state index < -0.39 is 5.97 Å². The largest absolute Gasteiger partial charge is 0.478 e. The zero-order valence-corrected chi connectivity index (χ0v) is 10.9. The molecule has 0 aliphatic heterocycles. The van der Waals surface area contributed by atoms with Crippen LogP contribution in [0, 0.1) is 11.8 Å². The van der Waals surface area contributed by atoms with Crippen LogP contribution in [0.3, 0.4) is 0 Å². The summed E-state index contributed by atoms with van der Waals surface area (Å²) in [6, 6.07) is 3.28. The first-order chi connectivity index (χ1) is 8.60. The van der Waals surface area contributed by atoms with Crippen LogP contribution in [0.25, 0.3) is 0 Å². The van der Waals surface area contributed by atoms with Crippen molar-refractivity contribution < 1.29 is 9.90 Å². The Balaban J connectivity index is 2.09. The van der Waals surface area contributed by atoms with E-state index in [1.165, 1.54) is 6.42 Å². The first-order valence-electron chi connectivity index (χ1n) is 6.58. The Morgan fingerprint density at radius 1 is 1.56 bits per heavy atom. The van der Waals surface area contributed by atoms with E-state index in [1.54, 1.807) is 12.1 Å². The van der Waals surface area contributed by atoms with Crippen molar-refractivity contribution in [1.29, 1.82) is 0 Å². The Morgan fingerprint density at radius 2 is 2.28 bits per heavy atom. The highest BCUT2D eigenvalue weighted by molar-refractivity contribution is 5.88. The summed E-state index contributed by atoms with van der Waals surface area (Å²) in [5, 5.41) is 12.3. The summed E-state index contributed by atoms with van der Waals surface area (Å²) in [5.74, 6) is 1.31. The highest BCUT2D eigenvalue weighted by Gasteiger charge is 2.31. The van der Waals surface area contributed by atoms with Gasteiger partial charge in [0, 0.05) is 12.2 Å². The maximum absolute atomic E-state index is 11.1. The van der Waals surface area contributed by atoms with Gasteiger partial charge in [-0.05, 0) is 36.8 Å². The van der Waals surface area contributed by atoms with Gasteiger partial charge in [0.25, 0.3) is 0 Å². The SMILES string of the molecule is CCCc1cc(C(=O)O)cc(NCC2CC2C)n1. The molecule has 0 radical (unpaired) electrons. The zero-order valence-electron chi connectivity index (χ0n) is 10.9. The summed E-state index contributed by atoms with van der Waals surface area (Å²) in [6.45, 7) is 5.19. The molecule has 2 rings (SSSR count). The number of carboxylic acids is 1. The number of aryl methyl sites for hydroxylation is 1. The van der Waals surface area contributed by atoms with Crippen LogP contribution in [0.4, 0.5) is 5.82 Å². The number of pyridine rings is 1. The first-order valence-corrected chi connectivity index (χ1v) is 6.58. The van der Waals surface area contributed by atoms with E-state index >= 15 is 0 Å². The van der Waals surface area contributed by atoms with Gasteiger partial charge in [0.2, 0.25) is 0 Å². The van der Waals surface area contributed by atoms with Gasteiger partial charge in [-0.2, -0.15) is 0 Å². The lowest BCUT2D eigenvalue weighted by molar-refractivity contribution is 0.0696. The molecule has 0 bridgehead atoms. The molecule has 0 amide bonds. The second-order valence-electron chi connectivity index (χ2n) is 5.14. The van der Waals surface area contributed by atoms with Gasteiger partial charge in [0.05, 0.1) is 5.56 Å². The number of aromatic nitrogens is 1. The van der Waals surface area contributed by atoms with Crippen LogP contribution in [0.1, 0.15) is 42.7 Å². The smallest absolute Gasteiger partial charge is 0.335 e. The van der Waals surface area contributed by atoms with Crippen molar-refractivity contribution in [1.82, 2.24) is 4.98 Å². The predicted molar refractivity (Wildman–Crippen MR) is 71.0 cm³/mol. The van der Waals surface area contributed by atoms with E-state index in [0.29, 0.717) is 11.4 Å². The average molecular weight is 248 g/mol. The van der Waals surface area contributed by atoms with Crippen molar-refractivity contribution in [3.63, 3.8) is 0 Å². The molecule has 0 saturated heterocycles. The van der Waals surface area contributed by atoms with Crippen molar-refractivity contribution in [3.05, 3.63) is 23.4 Å². The molecule has 18 heavy (non-hydrogen) atoms. The minimum atomic E-state index is -0.891. The summed E-state index contributed by atoms with van der Waals surface area (Å²) in [5.41, 5.74) is 1.17. The number of anilines is 1. The predicted octanol–water partition coefficient (Wildman–Crippen LogP) is 2.80. The summed E-state index contributed by atoms with van der Waals surface area (Å²) in [4.78, 5) is 15.5. The van der Waals surface area contributed by atoms with Gasteiger partial charge in [0.1, 0.15) is 5.82 Å². The number of hydrogen-bond acceptors (Lipinski definition) is 3. The van der Waals surface area contributed by atoms with Crippen LogP contribution in [0.5, 0.6) is 0 Å². The molecular weight excluding hydrogens is 228 g/mol. The molecule has 1 aromatic rings. The van der Waals surface area contributed by atoms with Gasteiger partial charge in [-0.25, -0.2) is 9.78 Å². The van der Waals surface area contributed by atoms with E-state index in [2.05, 4.69) is 24.1 Å². The number of hydrogen-bond donors (Lipinski definition) is 2.